The van der Waals surface area contributed by atoms with Gasteiger partial charge in [0.15, 0.2) is 0 Å². The van der Waals surface area contributed by atoms with Gasteiger partial charge in [-0.2, -0.15) is 0 Å². The molecule has 0 bridgehead atoms. The second-order valence-electron chi connectivity index (χ2n) is 3.17. The van der Waals surface area contributed by atoms with Crippen molar-refractivity contribution in [1.29, 1.82) is 0 Å². The van der Waals surface area contributed by atoms with Crippen LogP contribution in [-0.4, -0.2) is 16.7 Å². The Morgan fingerprint density at radius 1 is 1.46 bits per heavy atom. The largest absolute Gasteiger partial charge is 0.495 e. The molecule has 13 heavy (non-hydrogen) atoms. The van der Waals surface area contributed by atoms with Gasteiger partial charge in [0.2, 0.25) is 0 Å². The summed E-state index contributed by atoms with van der Waals surface area (Å²) in [6.07, 6.45) is 3.80. The molecule has 3 nitrogen and oxygen atoms in total. The highest BCUT2D eigenvalue weighted by Crippen LogP contribution is 2.21. The van der Waals surface area contributed by atoms with Gasteiger partial charge in [-0.25, -0.2) is 4.98 Å². The van der Waals surface area contributed by atoms with Crippen LogP contribution in [0.3, 0.4) is 0 Å². The fourth-order valence-electron chi connectivity index (χ4n) is 1.54. The van der Waals surface area contributed by atoms with Gasteiger partial charge in [0.1, 0.15) is 11.4 Å². The number of pyridine rings is 1. The number of ether oxygens (including phenoxy) is 1. The fraction of sp³-hybridized carbons (Fsp3) is 0.300. The van der Waals surface area contributed by atoms with E-state index in [-0.39, 0.29) is 0 Å². The first-order valence-electron chi connectivity index (χ1n) is 4.18. The average molecular weight is 176 g/mol. The minimum Gasteiger partial charge on any atom is -0.495 e. The number of aryl methyl sites for hydroxylation is 2. The summed E-state index contributed by atoms with van der Waals surface area (Å²) >= 11 is 0. The van der Waals surface area contributed by atoms with Crippen molar-refractivity contribution in [1.82, 2.24) is 9.55 Å². The summed E-state index contributed by atoms with van der Waals surface area (Å²) in [5, 5.41) is 1.15. The number of fused-ring (bicyclic) bond motifs is 1. The Kier molecular flexibility index (Phi) is 1.72. The van der Waals surface area contributed by atoms with Crippen molar-refractivity contribution < 1.29 is 4.74 Å². The Balaban J connectivity index is 2.76. The molecular weight excluding hydrogens is 164 g/mol. The molecule has 2 aromatic heterocycles. The molecule has 0 unspecified atom stereocenters. The van der Waals surface area contributed by atoms with Crippen LogP contribution in [0.1, 0.15) is 5.56 Å². The smallest absolute Gasteiger partial charge is 0.140 e. The van der Waals surface area contributed by atoms with Gasteiger partial charge in [-0.1, -0.05) is 0 Å². The van der Waals surface area contributed by atoms with E-state index in [0.29, 0.717) is 0 Å². The van der Waals surface area contributed by atoms with Gasteiger partial charge in [-0.15, -0.1) is 0 Å². The van der Waals surface area contributed by atoms with Crippen LogP contribution in [0.2, 0.25) is 0 Å². The van der Waals surface area contributed by atoms with E-state index in [2.05, 4.69) is 18.1 Å². The van der Waals surface area contributed by atoms with Crippen molar-refractivity contribution >= 4 is 11.0 Å². The van der Waals surface area contributed by atoms with Crippen LogP contribution < -0.4 is 4.74 Å². The fourth-order valence-corrected chi connectivity index (χ4v) is 1.54. The van der Waals surface area contributed by atoms with Crippen LogP contribution in [0, 0.1) is 6.92 Å². The van der Waals surface area contributed by atoms with E-state index in [1.54, 1.807) is 13.3 Å². The Morgan fingerprint density at radius 2 is 2.23 bits per heavy atom. The van der Waals surface area contributed by atoms with Gasteiger partial charge in [0, 0.05) is 18.6 Å². The molecule has 0 saturated carbocycles. The predicted molar refractivity (Wildman–Crippen MR) is 52.0 cm³/mol. The van der Waals surface area contributed by atoms with E-state index in [9.17, 15) is 0 Å². The topological polar surface area (TPSA) is 27.1 Å². The van der Waals surface area contributed by atoms with Crippen molar-refractivity contribution in [3.05, 3.63) is 24.0 Å². The van der Waals surface area contributed by atoms with Crippen molar-refractivity contribution in [2.45, 2.75) is 6.92 Å². The zero-order valence-corrected chi connectivity index (χ0v) is 8.03. The molecule has 2 heterocycles. The highest BCUT2D eigenvalue weighted by molar-refractivity contribution is 5.81. The molecular formula is C10H12N2O. The molecule has 0 aliphatic rings. The quantitative estimate of drug-likeness (QED) is 0.663. The number of nitrogens with zero attached hydrogens (tertiary/aromatic N) is 2. The maximum atomic E-state index is 5.11. The molecule has 0 fully saturated rings. The zero-order chi connectivity index (χ0) is 9.42. The maximum absolute atomic E-state index is 5.11. The zero-order valence-electron chi connectivity index (χ0n) is 8.03. The van der Waals surface area contributed by atoms with Crippen LogP contribution in [0.4, 0.5) is 0 Å². The summed E-state index contributed by atoms with van der Waals surface area (Å²) in [5.74, 6) is 0.807. The van der Waals surface area contributed by atoms with Gasteiger partial charge in [-0.05, 0) is 18.6 Å². The van der Waals surface area contributed by atoms with Gasteiger partial charge in [0.25, 0.3) is 0 Å². The standard InChI is InChI=1S/C10H12N2O/c1-7-6-12(2)10-9(7)4-8(13-3)5-11-10/h4-6H,1-3H3. The Bertz CT molecular complexity index is 445. The Hall–Kier alpha value is -1.51. The van der Waals surface area contributed by atoms with E-state index in [0.717, 1.165) is 16.8 Å². The first-order valence-corrected chi connectivity index (χ1v) is 4.18. The molecule has 0 aliphatic carbocycles. The SMILES string of the molecule is COc1cnc2c(c1)c(C)cn2C. The molecule has 0 aromatic carbocycles. The molecule has 3 heteroatoms. The molecule has 68 valence electrons. The van der Waals surface area contributed by atoms with Crippen LogP contribution >= 0.6 is 0 Å². The summed E-state index contributed by atoms with van der Waals surface area (Å²) in [6, 6.07) is 2.01. The molecule has 0 saturated heterocycles. The molecule has 0 N–H and O–H groups in total. The summed E-state index contributed by atoms with van der Waals surface area (Å²) in [7, 11) is 3.65. The van der Waals surface area contributed by atoms with Crippen LogP contribution in [-0.2, 0) is 7.05 Å². The number of hydrogen-bond acceptors (Lipinski definition) is 2. The third-order valence-electron chi connectivity index (χ3n) is 2.22. The first-order chi connectivity index (χ1) is 6.22. The summed E-state index contributed by atoms with van der Waals surface area (Å²) in [4.78, 5) is 4.31. The Morgan fingerprint density at radius 3 is 2.92 bits per heavy atom. The molecule has 0 aliphatic heterocycles. The molecule has 2 aromatic rings. The monoisotopic (exact) mass is 176 g/mol. The van der Waals surface area contributed by atoms with E-state index >= 15 is 0 Å². The van der Waals surface area contributed by atoms with Gasteiger partial charge < -0.3 is 9.30 Å². The highest BCUT2D eigenvalue weighted by atomic mass is 16.5. The minimum absolute atomic E-state index is 0.807. The minimum atomic E-state index is 0.807. The lowest BCUT2D eigenvalue weighted by Gasteiger charge is -1.99. The third kappa shape index (κ3) is 1.16. The van der Waals surface area contributed by atoms with Crippen molar-refractivity contribution in [3.63, 3.8) is 0 Å². The van der Waals surface area contributed by atoms with Gasteiger partial charge in [0.05, 0.1) is 13.3 Å². The van der Waals surface area contributed by atoms with Crippen LogP contribution in [0.15, 0.2) is 18.5 Å². The van der Waals surface area contributed by atoms with E-state index in [4.69, 9.17) is 4.74 Å². The molecule has 0 amide bonds. The number of hydrogen-bond donors (Lipinski definition) is 0. The van der Waals surface area contributed by atoms with Gasteiger partial charge in [-0.3, -0.25) is 0 Å². The van der Waals surface area contributed by atoms with Gasteiger partial charge >= 0.3 is 0 Å². The molecule has 0 spiro atoms. The maximum Gasteiger partial charge on any atom is 0.140 e. The number of methoxy groups -OCH3 is 1. The molecule has 2 rings (SSSR count). The summed E-state index contributed by atoms with van der Waals surface area (Å²) < 4.78 is 7.13. The summed E-state index contributed by atoms with van der Waals surface area (Å²) in [5.41, 5.74) is 2.22. The summed E-state index contributed by atoms with van der Waals surface area (Å²) in [6.45, 7) is 2.07. The second kappa shape index (κ2) is 2.76. The van der Waals surface area contributed by atoms with Crippen molar-refractivity contribution in [2.75, 3.05) is 7.11 Å². The lowest BCUT2D eigenvalue weighted by atomic mass is 10.2. The normalized spacial score (nSPS) is 10.7. The number of aromatic nitrogens is 2. The Labute approximate surface area is 77.0 Å². The third-order valence-corrected chi connectivity index (χ3v) is 2.22. The lowest BCUT2D eigenvalue weighted by Crippen LogP contribution is -1.88. The van der Waals surface area contributed by atoms with Crippen LogP contribution in [0.25, 0.3) is 11.0 Å². The van der Waals surface area contributed by atoms with Crippen LogP contribution in [0.5, 0.6) is 5.75 Å². The predicted octanol–water partition coefficient (Wildman–Crippen LogP) is 1.89. The first kappa shape index (κ1) is 8.10. The van der Waals surface area contributed by atoms with E-state index in [1.165, 1.54) is 5.56 Å². The lowest BCUT2D eigenvalue weighted by molar-refractivity contribution is 0.413. The highest BCUT2D eigenvalue weighted by Gasteiger charge is 2.04. The average Bonchev–Trinajstić information content (AvgIpc) is 2.42. The number of rotatable bonds is 1. The van der Waals surface area contributed by atoms with Crippen molar-refractivity contribution in [3.8, 4) is 5.75 Å². The van der Waals surface area contributed by atoms with E-state index < -0.39 is 0 Å². The molecule has 0 radical (unpaired) electrons. The second-order valence-corrected chi connectivity index (χ2v) is 3.17. The molecule has 0 atom stereocenters. The van der Waals surface area contributed by atoms with Crippen molar-refractivity contribution in [2.24, 2.45) is 7.05 Å². The van der Waals surface area contributed by atoms with E-state index in [1.807, 2.05) is 17.7 Å².